The van der Waals surface area contributed by atoms with Crippen LogP contribution < -0.4 is 0 Å². The minimum absolute atomic E-state index is 1.11. The fourth-order valence-electron chi connectivity index (χ4n) is 6.86. The molecule has 3 aromatic heterocycles. The zero-order valence-corrected chi connectivity index (χ0v) is 25.6. The van der Waals surface area contributed by atoms with Crippen LogP contribution in [0.3, 0.4) is 0 Å². The van der Waals surface area contributed by atoms with Gasteiger partial charge in [0, 0.05) is 57.8 Å². The van der Waals surface area contributed by atoms with E-state index in [1.807, 2.05) is 36.9 Å². The lowest BCUT2D eigenvalue weighted by Crippen LogP contribution is -1.94. The van der Waals surface area contributed by atoms with E-state index in [0.29, 0.717) is 0 Å². The van der Waals surface area contributed by atoms with Crippen LogP contribution in [0.1, 0.15) is 0 Å². The van der Waals surface area contributed by atoms with Crippen molar-refractivity contribution in [3.05, 3.63) is 176 Å². The van der Waals surface area contributed by atoms with E-state index in [1.165, 1.54) is 54.8 Å². The van der Waals surface area contributed by atoms with Gasteiger partial charge in [-0.3, -0.25) is 9.97 Å². The second-order valence-corrected chi connectivity index (χ2v) is 11.9. The summed E-state index contributed by atoms with van der Waals surface area (Å²) in [5.74, 6) is 0. The summed E-state index contributed by atoms with van der Waals surface area (Å²) in [5, 5.41) is 4.94. The SMILES string of the molecule is c1ccc(-n2c3cc(-c4cccc(-c5cccnc5)c4)ccc3c3ccc4cc(-c5cccc(-c6cccnc6)c5)ccc4c32)cc1. The standard InChI is InChI=1S/C44H29N3/c1-2-14-39(15-3-1)47-43-27-35(31-9-5-11-33(25-31)38-13-7-23-46-29-38)17-20-41(43)42-21-18-36-26-34(16-19-40(36)44(42)47)30-8-4-10-32(24-30)37-12-6-22-45-28-37/h1-29H. The molecule has 0 radical (unpaired) electrons. The Hall–Kier alpha value is -6.32. The third kappa shape index (κ3) is 4.77. The first-order valence-corrected chi connectivity index (χ1v) is 15.9. The molecule has 0 atom stereocenters. The topological polar surface area (TPSA) is 30.7 Å². The van der Waals surface area contributed by atoms with Crippen molar-refractivity contribution in [3.8, 4) is 50.2 Å². The minimum atomic E-state index is 1.11. The number of fused-ring (bicyclic) bond motifs is 5. The number of para-hydroxylation sites is 1. The van der Waals surface area contributed by atoms with E-state index in [-0.39, 0.29) is 0 Å². The number of hydrogen-bond acceptors (Lipinski definition) is 2. The Morgan fingerprint density at radius 2 is 0.894 bits per heavy atom. The molecule has 0 saturated carbocycles. The van der Waals surface area contributed by atoms with E-state index >= 15 is 0 Å². The summed E-state index contributed by atoms with van der Waals surface area (Å²) in [5.41, 5.74) is 12.9. The first kappa shape index (κ1) is 27.0. The Labute approximate surface area is 273 Å². The van der Waals surface area contributed by atoms with Gasteiger partial charge in [0.1, 0.15) is 0 Å². The summed E-state index contributed by atoms with van der Waals surface area (Å²) in [6, 6.07) is 54.6. The minimum Gasteiger partial charge on any atom is -0.309 e. The second-order valence-electron chi connectivity index (χ2n) is 11.9. The third-order valence-corrected chi connectivity index (χ3v) is 9.14. The lowest BCUT2D eigenvalue weighted by Gasteiger charge is -2.12. The normalized spacial score (nSPS) is 11.4. The van der Waals surface area contributed by atoms with Crippen molar-refractivity contribution < 1.29 is 0 Å². The van der Waals surface area contributed by atoms with Gasteiger partial charge < -0.3 is 4.57 Å². The third-order valence-electron chi connectivity index (χ3n) is 9.14. The summed E-state index contributed by atoms with van der Waals surface area (Å²) < 4.78 is 2.43. The van der Waals surface area contributed by atoms with Crippen molar-refractivity contribution in [2.24, 2.45) is 0 Å². The maximum absolute atomic E-state index is 4.33. The van der Waals surface area contributed by atoms with Crippen LogP contribution >= 0.6 is 0 Å². The molecule has 0 N–H and O–H groups in total. The summed E-state index contributed by atoms with van der Waals surface area (Å²) in [6.45, 7) is 0. The second kappa shape index (κ2) is 11.2. The quantitative estimate of drug-likeness (QED) is 0.197. The van der Waals surface area contributed by atoms with Gasteiger partial charge in [-0.25, -0.2) is 0 Å². The molecule has 0 spiro atoms. The molecule has 0 aliphatic carbocycles. The molecule has 0 fully saturated rings. The number of benzene rings is 6. The van der Waals surface area contributed by atoms with Crippen molar-refractivity contribution in [3.63, 3.8) is 0 Å². The first-order valence-electron chi connectivity index (χ1n) is 15.9. The maximum Gasteiger partial charge on any atom is 0.0619 e. The number of pyridine rings is 2. The Kier molecular flexibility index (Phi) is 6.46. The van der Waals surface area contributed by atoms with Crippen LogP contribution in [0.4, 0.5) is 0 Å². The van der Waals surface area contributed by atoms with E-state index in [2.05, 4.69) is 154 Å². The van der Waals surface area contributed by atoms with E-state index < -0.39 is 0 Å². The highest BCUT2D eigenvalue weighted by Gasteiger charge is 2.17. The molecule has 3 heterocycles. The van der Waals surface area contributed by atoms with Crippen LogP contribution in [0.5, 0.6) is 0 Å². The van der Waals surface area contributed by atoms with Crippen LogP contribution in [-0.4, -0.2) is 14.5 Å². The average Bonchev–Trinajstić information content (AvgIpc) is 3.50. The number of rotatable bonds is 5. The molecule has 0 saturated heterocycles. The van der Waals surface area contributed by atoms with Crippen molar-refractivity contribution in [2.75, 3.05) is 0 Å². The lowest BCUT2D eigenvalue weighted by molar-refractivity contribution is 1.19. The molecule has 220 valence electrons. The molecule has 3 heteroatoms. The average molecular weight is 600 g/mol. The van der Waals surface area contributed by atoms with Gasteiger partial charge in [0.15, 0.2) is 0 Å². The fourth-order valence-corrected chi connectivity index (χ4v) is 6.86. The smallest absolute Gasteiger partial charge is 0.0619 e. The Bertz CT molecular complexity index is 2550. The molecule has 0 amide bonds. The Balaban J connectivity index is 1.23. The summed E-state index contributed by atoms with van der Waals surface area (Å²) in [6.07, 6.45) is 7.47. The molecule has 0 unspecified atom stereocenters. The predicted octanol–water partition coefficient (Wildman–Crippen LogP) is 11.4. The van der Waals surface area contributed by atoms with Crippen LogP contribution in [0.2, 0.25) is 0 Å². The van der Waals surface area contributed by atoms with Gasteiger partial charge in [0.25, 0.3) is 0 Å². The van der Waals surface area contributed by atoms with Crippen molar-refractivity contribution >= 4 is 32.6 Å². The highest BCUT2D eigenvalue weighted by Crippen LogP contribution is 2.40. The molecule has 3 nitrogen and oxygen atoms in total. The van der Waals surface area contributed by atoms with Crippen LogP contribution in [0, 0.1) is 0 Å². The van der Waals surface area contributed by atoms with Gasteiger partial charge in [-0.1, -0.05) is 103 Å². The Morgan fingerprint density at radius 3 is 1.51 bits per heavy atom. The summed E-state index contributed by atoms with van der Waals surface area (Å²) in [7, 11) is 0. The largest absolute Gasteiger partial charge is 0.309 e. The molecular formula is C44H29N3. The number of nitrogens with zero attached hydrogens (tertiary/aromatic N) is 3. The van der Waals surface area contributed by atoms with Gasteiger partial charge in [-0.15, -0.1) is 0 Å². The van der Waals surface area contributed by atoms with E-state index in [9.17, 15) is 0 Å². The van der Waals surface area contributed by atoms with E-state index in [1.54, 1.807) is 0 Å². The maximum atomic E-state index is 4.33. The summed E-state index contributed by atoms with van der Waals surface area (Å²) in [4.78, 5) is 8.65. The van der Waals surface area contributed by atoms with Gasteiger partial charge >= 0.3 is 0 Å². The van der Waals surface area contributed by atoms with Gasteiger partial charge in [-0.2, -0.15) is 0 Å². The van der Waals surface area contributed by atoms with Crippen molar-refractivity contribution in [2.45, 2.75) is 0 Å². The number of aromatic nitrogens is 3. The van der Waals surface area contributed by atoms with Gasteiger partial charge in [0.2, 0.25) is 0 Å². The van der Waals surface area contributed by atoms with Crippen molar-refractivity contribution in [1.82, 2.24) is 14.5 Å². The molecule has 9 rings (SSSR count). The molecule has 9 aromatic rings. The Morgan fingerprint density at radius 1 is 0.362 bits per heavy atom. The highest BCUT2D eigenvalue weighted by molar-refractivity contribution is 6.19. The van der Waals surface area contributed by atoms with Gasteiger partial charge in [0.05, 0.1) is 11.0 Å². The van der Waals surface area contributed by atoms with Crippen LogP contribution in [0.15, 0.2) is 176 Å². The van der Waals surface area contributed by atoms with Crippen LogP contribution in [0.25, 0.3) is 82.8 Å². The fraction of sp³-hybridized carbons (Fsp3) is 0. The lowest BCUT2D eigenvalue weighted by atomic mass is 9.96. The molecule has 6 aromatic carbocycles. The molecule has 47 heavy (non-hydrogen) atoms. The number of hydrogen-bond donors (Lipinski definition) is 0. The van der Waals surface area contributed by atoms with Crippen LogP contribution in [-0.2, 0) is 0 Å². The predicted molar refractivity (Wildman–Crippen MR) is 196 cm³/mol. The van der Waals surface area contributed by atoms with Crippen molar-refractivity contribution in [1.29, 1.82) is 0 Å². The molecule has 0 aliphatic heterocycles. The van der Waals surface area contributed by atoms with E-state index in [0.717, 1.165) is 27.9 Å². The van der Waals surface area contributed by atoms with Gasteiger partial charge in [-0.05, 0) is 87.3 Å². The van der Waals surface area contributed by atoms with E-state index in [4.69, 9.17) is 0 Å². The molecule has 0 aliphatic rings. The highest BCUT2D eigenvalue weighted by atomic mass is 15.0. The monoisotopic (exact) mass is 599 g/mol. The zero-order chi connectivity index (χ0) is 31.2. The zero-order valence-electron chi connectivity index (χ0n) is 25.6. The summed E-state index contributed by atoms with van der Waals surface area (Å²) >= 11 is 0. The first-order chi connectivity index (χ1) is 23.3. The molecular weight excluding hydrogens is 571 g/mol. The molecule has 0 bridgehead atoms.